The van der Waals surface area contributed by atoms with E-state index in [1.807, 2.05) is 51.1 Å². The number of thioether (sulfide) groups is 1. The summed E-state index contributed by atoms with van der Waals surface area (Å²) < 4.78 is 17.4. The van der Waals surface area contributed by atoms with Gasteiger partial charge in [0.2, 0.25) is 0 Å². The van der Waals surface area contributed by atoms with Crippen LogP contribution < -0.4 is 24.4 Å². The van der Waals surface area contributed by atoms with E-state index in [-0.39, 0.29) is 18.4 Å². The summed E-state index contributed by atoms with van der Waals surface area (Å²) >= 11 is 12.9. The first-order valence-electron chi connectivity index (χ1n) is 12.3. The van der Waals surface area contributed by atoms with Gasteiger partial charge in [-0.15, -0.1) is 0 Å². The topological polar surface area (TPSA) is 77.1 Å². The van der Waals surface area contributed by atoms with E-state index in [1.54, 1.807) is 36.4 Å². The molecule has 3 aromatic carbocycles. The van der Waals surface area contributed by atoms with E-state index in [1.165, 1.54) is 16.7 Å². The molecule has 202 valence electrons. The van der Waals surface area contributed by atoms with Gasteiger partial charge in [0, 0.05) is 10.7 Å². The first kappa shape index (κ1) is 28.5. The number of carbonyl (C=O) groups is 2. The minimum atomic E-state index is -0.334. The fourth-order valence-corrected chi connectivity index (χ4v) is 5.19. The summed E-state index contributed by atoms with van der Waals surface area (Å²) in [5.41, 5.74) is 2.92. The van der Waals surface area contributed by atoms with Crippen LogP contribution in [0.5, 0.6) is 17.2 Å². The number of thiocarbonyl (C=S) groups is 1. The quantitative estimate of drug-likeness (QED) is 0.206. The van der Waals surface area contributed by atoms with Crippen LogP contribution in [0.4, 0.5) is 11.4 Å². The Bertz CT molecular complexity index is 1430. The molecule has 7 nitrogen and oxygen atoms in total. The van der Waals surface area contributed by atoms with Gasteiger partial charge in [0.15, 0.2) is 22.4 Å². The molecule has 1 saturated heterocycles. The minimum Gasteiger partial charge on any atom is -0.494 e. The largest absolute Gasteiger partial charge is 0.494 e. The van der Waals surface area contributed by atoms with E-state index in [0.29, 0.717) is 50.3 Å². The highest BCUT2D eigenvalue weighted by Crippen LogP contribution is 2.37. The number of nitrogens with one attached hydrogen (secondary N) is 1. The summed E-state index contributed by atoms with van der Waals surface area (Å²) in [4.78, 5) is 27.6. The molecule has 2 amide bonds. The molecule has 0 bridgehead atoms. The van der Waals surface area contributed by atoms with E-state index in [9.17, 15) is 9.59 Å². The number of hydrogen-bond donors (Lipinski definition) is 1. The second-order valence-electron chi connectivity index (χ2n) is 8.38. The average molecular weight is 583 g/mol. The Morgan fingerprint density at radius 3 is 2.44 bits per heavy atom. The van der Waals surface area contributed by atoms with Crippen LogP contribution in [0.3, 0.4) is 0 Å². The second kappa shape index (κ2) is 13.0. The van der Waals surface area contributed by atoms with Gasteiger partial charge < -0.3 is 19.5 Å². The summed E-state index contributed by atoms with van der Waals surface area (Å²) in [5.74, 6) is 1.05. The number of anilines is 2. The van der Waals surface area contributed by atoms with Crippen molar-refractivity contribution in [3.05, 3.63) is 81.7 Å². The number of nitrogens with zero attached hydrogens (tertiary/aromatic N) is 1. The molecular formula is C29H27ClN2O5S2. The molecule has 10 heteroatoms. The number of halogens is 1. The summed E-state index contributed by atoms with van der Waals surface area (Å²) in [6, 6.07) is 17.8. The lowest BCUT2D eigenvalue weighted by molar-refractivity contribution is -0.118. The monoisotopic (exact) mass is 582 g/mol. The van der Waals surface area contributed by atoms with E-state index in [2.05, 4.69) is 5.32 Å². The van der Waals surface area contributed by atoms with Crippen molar-refractivity contribution in [3.63, 3.8) is 0 Å². The molecule has 1 fully saturated rings. The smallest absolute Gasteiger partial charge is 0.270 e. The summed E-state index contributed by atoms with van der Waals surface area (Å²) in [7, 11) is 0. The van der Waals surface area contributed by atoms with Crippen molar-refractivity contribution in [1.82, 2.24) is 0 Å². The standard InChI is InChI=1S/C29H27ClN2O5S2/c1-4-35-22-11-9-21(10-12-22)32-28(34)26(39-29(32)38)15-19-7-13-24(25(14-19)36-5-2)37-17-27(33)31-20-8-6-18(3)23(30)16-20/h6-16H,4-5,17H2,1-3H3,(H,31,33)/b26-15-. The van der Waals surface area contributed by atoms with Gasteiger partial charge in [-0.05, 0) is 86.5 Å². The number of carbonyl (C=O) groups excluding carboxylic acids is 2. The van der Waals surface area contributed by atoms with Crippen molar-refractivity contribution >= 4 is 69.2 Å². The van der Waals surface area contributed by atoms with Gasteiger partial charge in [0.1, 0.15) is 5.75 Å². The number of benzene rings is 3. The summed E-state index contributed by atoms with van der Waals surface area (Å²) in [5, 5.41) is 3.33. The molecule has 1 heterocycles. The third-order valence-corrected chi connectivity index (χ3v) is 7.29. The predicted octanol–water partition coefficient (Wildman–Crippen LogP) is 6.87. The average Bonchev–Trinajstić information content (AvgIpc) is 3.19. The molecule has 0 saturated carbocycles. The molecule has 0 spiro atoms. The Balaban J connectivity index is 1.45. The molecule has 39 heavy (non-hydrogen) atoms. The Morgan fingerprint density at radius 1 is 1.00 bits per heavy atom. The molecule has 3 aromatic rings. The maximum Gasteiger partial charge on any atom is 0.270 e. The van der Waals surface area contributed by atoms with Crippen molar-refractivity contribution < 1.29 is 23.8 Å². The zero-order valence-corrected chi connectivity index (χ0v) is 24.0. The zero-order chi connectivity index (χ0) is 27.9. The zero-order valence-electron chi connectivity index (χ0n) is 21.7. The van der Waals surface area contributed by atoms with Crippen LogP contribution in [0.1, 0.15) is 25.0 Å². The van der Waals surface area contributed by atoms with Crippen molar-refractivity contribution in [3.8, 4) is 17.2 Å². The highest BCUT2D eigenvalue weighted by Gasteiger charge is 2.33. The summed E-state index contributed by atoms with van der Waals surface area (Å²) in [6.07, 6.45) is 1.76. The minimum absolute atomic E-state index is 0.208. The number of aryl methyl sites for hydroxylation is 1. The van der Waals surface area contributed by atoms with Crippen molar-refractivity contribution in [1.29, 1.82) is 0 Å². The Labute approximate surface area is 242 Å². The first-order chi connectivity index (χ1) is 18.8. The molecular weight excluding hydrogens is 556 g/mol. The van der Waals surface area contributed by atoms with Gasteiger partial charge in [-0.2, -0.15) is 0 Å². The van der Waals surface area contributed by atoms with Crippen LogP contribution in [-0.4, -0.2) is 36.0 Å². The molecule has 0 aromatic heterocycles. The van der Waals surface area contributed by atoms with Gasteiger partial charge in [0.25, 0.3) is 11.8 Å². The van der Waals surface area contributed by atoms with Gasteiger partial charge in [-0.1, -0.05) is 47.7 Å². The lowest BCUT2D eigenvalue weighted by Crippen LogP contribution is -2.27. The molecule has 1 aliphatic heterocycles. The van der Waals surface area contributed by atoms with Crippen LogP contribution in [0.15, 0.2) is 65.6 Å². The maximum absolute atomic E-state index is 13.2. The first-order valence-corrected chi connectivity index (χ1v) is 13.9. The SMILES string of the molecule is CCOc1ccc(N2C(=O)/C(=C/c3ccc(OCC(=O)Nc4ccc(C)c(Cl)c4)c(OCC)c3)SC2=S)cc1. The van der Waals surface area contributed by atoms with Crippen LogP contribution in [0.2, 0.25) is 5.02 Å². The number of amides is 2. The molecule has 0 unspecified atom stereocenters. The Kier molecular flexibility index (Phi) is 9.50. The van der Waals surface area contributed by atoms with Gasteiger partial charge >= 0.3 is 0 Å². The number of hydrogen-bond acceptors (Lipinski definition) is 7. The maximum atomic E-state index is 13.2. The molecule has 0 radical (unpaired) electrons. The molecule has 0 atom stereocenters. The fraction of sp³-hybridized carbons (Fsp3) is 0.207. The normalized spacial score (nSPS) is 14.1. The van der Waals surface area contributed by atoms with Gasteiger partial charge in [-0.3, -0.25) is 14.5 Å². The lowest BCUT2D eigenvalue weighted by Gasteiger charge is -2.15. The summed E-state index contributed by atoms with van der Waals surface area (Å²) in [6.45, 7) is 6.40. The third-order valence-electron chi connectivity index (χ3n) is 5.58. The van der Waals surface area contributed by atoms with Crippen LogP contribution in [-0.2, 0) is 9.59 Å². The van der Waals surface area contributed by atoms with E-state index in [0.717, 1.165) is 16.9 Å². The van der Waals surface area contributed by atoms with E-state index < -0.39 is 0 Å². The van der Waals surface area contributed by atoms with Crippen molar-refractivity contribution in [2.75, 3.05) is 30.0 Å². The predicted molar refractivity (Wildman–Crippen MR) is 161 cm³/mol. The fourth-order valence-electron chi connectivity index (χ4n) is 3.71. The number of ether oxygens (including phenoxy) is 3. The second-order valence-corrected chi connectivity index (χ2v) is 10.5. The highest BCUT2D eigenvalue weighted by molar-refractivity contribution is 8.27. The number of rotatable bonds is 10. The van der Waals surface area contributed by atoms with E-state index >= 15 is 0 Å². The lowest BCUT2D eigenvalue weighted by atomic mass is 10.1. The Hall–Kier alpha value is -3.53. The Morgan fingerprint density at radius 2 is 1.74 bits per heavy atom. The van der Waals surface area contributed by atoms with Crippen LogP contribution >= 0.6 is 35.6 Å². The highest BCUT2D eigenvalue weighted by atomic mass is 35.5. The van der Waals surface area contributed by atoms with Crippen LogP contribution in [0, 0.1) is 6.92 Å². The molecule has 4 rings (SSSR count). The van der Waals surface area contributed by atoms with Crippen LogP contribution in [0.25, 0.3) is 6.08 Å². The van der Waals surface area contributed by atoms with Gasteiger partial charge in [-0.25, -0.2) is 0 Å². The van der Waals surface area contributed by atoms with E-state index in [4.69, 9.17) is 38.0 Å². The molecule has 0 aliphatic carbocycles. The van der Waals surface area contributed by atoms with Crippen molar-refractivity contribution in [2.45, 2.75) is 20.8 Å². The molecule has 1 aliphatic rings. The van der Waals surface area contributed by atoms with Gasteiger partial charge in [0.05, 0.1) is 23.8 Å². The van der Waals surface area contributed by atoms with Crippen molar-refractivity contribution in [2.24, 2.45) is 0 Å². The third kappa shape index (κ3) is 7.11. The molecule has 1 N–H and O–H groups in total.